The fraction of sp³-hybridized carbons (Fsp3) is 0.217. The Morgan fingerprint density at radius 3 is 2.47 bits per heavy atom. The van der Waals surface area contributed by atoms with E-state index in [1.165, 1.54) is 47.0 Å². The van der Waals surface area contributed by atoms with Crippen molar-refractivity contribution in [3.63, 3.8) is 0 Å². The third-order valence-electron chi connectivity index (χ3n) is 6.06. The highest BCUT2D eigenvalue weighted by atomic mass is 35.5. The van der Waals surface area contributed by atoms with Gasteiger partial charge in [0, 0.05) is 18.5 Å². The normalized spacial score (nSPS) is 13.9. The van der Waals surface area contributed by atoms with Crippen LogP contribution in [0.25, 0.3) is 21.6 Å². The lowest BCUT2D eigenvalue weighted by Gasteiger charge is -2.19. The van der Waals surface area contributed by atoms with Gasteiger partial charge in [-0.25, -0.2) is 14.6 Å². The smallest absolute Gasteiger partial charge is 0.355 e. The number of rotatable bonds is 5. The molecule has 1 N–H and O–H groups in total. The van der Waals surface area contributed by atoms with E-state index in [2.05, 4.69) is 35.5 Å². The molecule has 0 unspecified atom stereocenters. The number of hydrogen-bond acceptors (Lipinski definition) is 8. The molecule has 6 rings (SSSR count). The van der Waals surface area contributed by atoms with E-state index in [1.54, 1.807) is 11.4 Å². The summed E-state index contributed by atoms with van der Waals surface area (Å²) in [6.07, 6.45) is 3.57. The van der Waals surface area contributed by atoms with Gasteiger partial charge in [0.05, 0.1) is 57.6 Å². The number of halogens is 4. The van der Waals surface area contributed by atoms with E-state index in [-0.39, 0.29) is 22.2 Å². The van der Waals surface area contributed by atoms with Crippen molar-refractivity contribution in [3.8, 4) is 11.5 Å². The standard InChI is InChI=1S/C23H17ClF3N9OS/c24-16-9-13(10-28-20(16)36-30-4-5-31-36)33-22(37)15-11-32-35(19(15)23(25,26)27)17-12-29-21(34-6-1-2-7-34)18-14(17)3-8-38-18/h3-5,8-12H,1-2,6-7H2,(H,33,37). The molecule has 0 aliphatic carbocycles. The number of fused-ring (bicyclic) bond motifs is 1. The van der Waals surface area contributed by atoms with Crippen LogP contribution in [0, 0.1) is 0 Å². The Bertz CT molecular complexity index is 1640. The van der Waals surface area contributed by atoms with Crippen molar-refractivity contribution in [1.82, 2.24) is 34.7 Å². The van der Waals surface area contributed by atoms with Crippen molar-refractivity contribution in [2.24, 2.45) is 0 Å². The number of carbonyl (C=O) groups excluding carboxylic acids is 1. The van der Waals surface area contributed by atoms with E-state index >= 15 is 0 Å². The van der Waals surface area contributed by atoms with E-state index < -0.39 is 23.3 Å². The van der Waals surface area contributed by atoms with Crippen LogP contribution in [0.1, 0.15) is 28.9 Å². The second kappa shape index (κ2) is 9.36. The van der Waals surface area contributed by atoms with Gasteiger partial charge >= 0.3 is 6.18 Å². The summed E-state index contributed by atoms with van der Waals surface area (Å²) in [5.74, 6) is -0.0780. The second-order valence-electron chi connectivity index (χ2n) is 8.44. The molecule has 0 bridgehead atoms. The molecule has 0 saturated carbocycles. The SMILES string of the molecule is O=C(Nc1cnc(-n2nccn2)c(Cl)c1)c1cnn(-c2cnc(N3CCCC3)c3sccc23)c1C(F)(F)F. The Kier molecular flexibility index (Phi) is 5.99. The summed E-state index contributed by atoms with van der Waals surface area (Å²) in [6, 6.07) is 3.08. The van der Waals surface area contributed by atoms with E-state index in [0.29, 0.717) is 5.39 Å². The minimum atomic E-state index is -4.88. The zero-order chi connectivity index (χ0) is 26.4. The largest absolute Gasteiger partial charge is 0.434 e. The first-order valence-corrected chi connectivity index (χ1v) is 12.7. The Hall–Kier alpha value is -4.04. The lowest BCUT2D eigenvalue weighted by atomic mass is 10.2. The molecule has 1 aliphatic heterocycles. The Labute approximate surface area is 221 Å². The third kappa shape index (κ3) is 4.24. The van der Waals surface area contributed by atoms with Gasteiger partial charge in [0.15, 0.2) is 11.5 Å². The van der Waals surface area contributed by atoms with Crippen LogP contribution in [0.3, 0.4) is 0 Å². The van der Waals surface area contributed by atoms with Gasteiger partial charge in [-0.05, 0) is 30.4 Å². The number of thiophene rings is 1. The predicted octanol–water partition coefficient (Wildman–Crippen LogP) is 4.98. The summed E-state index contributed by atoms with van der Waals surface area (Å²) in [7, 11) is 0. The Morgan fingerprint density at radius 1 is 1.03 bits per heavy atom. The van der Waals surface area contributed by atoms with Gasteiger partial charge in [-0.2, -0.15) is 28.5 Å². The fourth-order valence-corrected chi connectivity index (χ4v) is 5.57. The van der Waals surface area contributed by atoms with Crippen molar-refractivity contribution < 1.29 is 18.0 Å². The molecule has 15 heteroatoms. The molecule has 0 atom stereocenters. The first-order chi connectivity index (χ1) is 18.3. The van der Waals surface area contributed by atoms with E-state index in [0.717, 1.165) is 47.3 Å². The molecule has 38 heavy (non-hydrogen) atoms. The quantitative estimate of drug-likeness (QED) is 0.323. The van der Waals surface area contributed by atoms with Crippen molar-refractivity contribution in [2.75, 3.05) is 23.3 Å². The molecule has 1 aliphatic rings. The molecule has 1 amide bonds. The topological polar surface area (TPSA) is 107 Å². The Morgan fingerprint density at radius 2 is 1.76 bits per heavy atom. The molecular weight excluding hydrogens is 543 g/mol. The van der Waals surface area contributed by atoms with Crippen LogP contribution in [0.4, 0.5) is 24.7 Å². The summed E-state index contributed by atoms with van der Waals surface area (Å²) >= 11 is 7.63. The predicted molar refractivity (Wildman–Crippen MR) is 135 cm³/mol. The van der Waals surface area contributed by atoms with Crippen LogP contribution < -0.4 is 10.2 Å². The van der Waals surface area contributed by atoms with Gasteiger partial charge in [-0.15, -0.1) is 16.1 Å². The number of carbonyl (C=O) groups is 1. The summed E-state index contributed by atoms with van der Waals surface area (Å²) in [5.41, 5.74) is -1.64. The van der Waals surface area contributed by atoms with Crippen LogP contribution >= 0.6 is 22.9 Å². The molecule has 0 radical (unpaired) electrons. The van der Waals surface area contributed by atoms with Gasteiger partial charge in [-0.3, -0.25) is 4.79 Å². The number of nitrogens with zero attached hydrogens (tertiary/aromatic N) is 8. The monoisotopic (exact) mass is 559 g/mol. The highest BCUT2D eigenvalue weighted by Gasteiger charge is 2.41. The lowest BCUT2D eigenvalue weighted by molar-refractivity contribution is -0.143. The van der Waals surface area contributed by atoms with Crippen molar-refractivity contribution in [3.05, 3.63) is 64.8 Å². The minimum absolute atomic E-state index is 0.0913. The fourth-order valence-electron chi connectivity index (χ4n) is 4.40. The molecule has 0 aromatic carbocycles. The molecule has 194 valence electrons. The first kappa shape index (κ1) is 24.3. The summed E-state index contributed by atoms with van der Waals surface area (Å²) < 4.78 is 44.5. The average molecular weight is 560 g/mol. The van der Waals surface area contributed by atoms with E-state index in [1.807, 2.05) is 0 Å². The van der Waals surface area contributed by atoms with Gasteiger partial charge in [0.25, 0.3) is 5.91 Å². The average Bonchev–Trinajstić information content (AvgIpc) is 3.68. The summed E-state index contributed by atoms with van der Waals surface area (Å²) in [5, 5.41) is 16.7. The van der Waals surface area contributed by atoms with Crippen LogP contribution in [-0.2, 0) is 6.18 Å². The number of hydrogen-bond donors (Lipinski definition) is 1. The number of aromatic nitrogens is 7. The first-order valence-electron chi connectivity index (χ1n) is 11.4. The number of pyridine rings is 2. The molecule has 1 fully saturated rings. The zero-order valence-electron chi connectivity index (χ0n) is 19.4. The van der Waals surface area contributed by atoms with Crippen LogP contribution in [-0.4, -0.2) is 53.7 Å². The maximum Gasteiger partial charge on any atom is 0.434 e. The second-order valence-corrected chi connectivity index (χ2v) is 9.77. The summed E-state index contributed by atoms with van der Waals surface area (Å²) in [6.45, 7) is 1.69. The van der Waals surface area contributed by atoms with Crippen LogP contribution in [0.5, 0.6) is 0 Å². The molecular formula is C23H17ClF3N9OS. The van der Waals surface area contributed by atoms with Crippen molar-refractivity contribution in [2.45, 2.75) is 19.0 Å². The number of nitrogens with one attached hydrogen (secondary N) is 1. The highest BCUT2D eigenvalue weighted by molar-refractivity contribution is 7.17. The lowest BCUT2D eigenvalue weighted by Crippen LogP contribution is -2.21. The van der Waals surface area contributed by atoms with E-state index in [9.17, 15) is 18.0 Å². The molecule has 5 aromatic heterocycles. The van der Waals surface area contributed by atoms with Gasteiger partial charge in [-0.1, -0.05) is 11.6 Å². The van der Waals surface area contributed by atoms with Crippen molar-refractivity contribution >= 4 is 50.4 Å². The van der Waals surface area contributed by atoms with Crippen LogP contribution in [0.15, 0.2) is 48.5 Å². The molecule has 1 saturated heterocycles. The zero-order valence-corrected chi connectivity index (χ0v) is 20.9. The third-order valence-corrected chi connectivity index (χ3v) is 7.25. The van der Waals surface area contributed by atoms with Crippen molar-refractivity contribution in [1.29, 1.82) is 0 Å². The van der Waals surface area contributed by atoms with Crippen LogP contribution in [0.2, 0.25) is 5.02 Å². The number of alkyl halides is 3. The highest BCUT2D eigenvalue weighted by Crippen LogP contribution is 2.39. The van der Waals surface area contributed by atoms with E-state index in [4.69, 9.17) is 11.6 Å². The minimum Gasteiger partial charge on any atom is -0.355 e. The maximum atomic E-state index is 14.3. The number of anilines is 2. The molecule has 10 nitrogen and oxygen atoms in total. The Balaban J connectivity index is 1.36. The molecule has 0 spiro atoms. The van der Waals surface area contributed by atoms with Gasteiger partial charge < -0.3 is 10.2 Å². The summed E-state index contributed by atoms with van der Waals surface area (Å²) in [4.78, 5) is 24.9. The molecule has 6 heterocycles. The number of amides is 1. The van der Waals surface area contributed by atoms with Gasteiger partial charge in [0.2, 0.25) is 0 Å². The maximum absolute atomic E-state index is 14.3. The van der Waals surface area contributed by atoms with Gasteiger partial charge in [0.1, 0.15) is 5.82 Å². The molecule has 5 aromatic rings.